The molecule has 0 aromatic carbocycles. The molecule has 0 aliphatic heterocycles. The quantitative estimate of drug-likeness (QED) is 0.337. The van der Waals surface area contributed by atoms with Crippen LogP contribution in [-0.2, 0) is 0 Å². The molecule has 0 saturated heterocycles. The SMILES string of the molecule is C=CC[18OH]. The Balaban J connectivity index is 2.30. The van der Waals surface area contributed by atoms with Gasteiger partial charge in [0, 0.05) is 0 Å². The molecule has 0 heterocycles. The second kappa shape index (κ2) is 2.70. The van der Waals surface area contributed by atoms with Crippen LogP contribution in [0.5, 0.6) is 0 Å². The highest BCUT2D eigenvalue weighted by Crippen LogP contribution is 1.46. The van der Waals surface area contributed by atoms with Crippen LogP contribution in [0.1, 0.15) is 0 Å². The largest absolute Gasteiger partial charge is 0.392 e. The molecule has 0 aliphatic carbocycles. The smallest absolute Gasteiger partial charge is 0.0609 e. The van der Waals surface area contributed by atoms with Crippen LogP contribution in [0.2, 0.25) is 0 Å². The second-order valence-electron chi connectivity index (χ2n) is 0.471. The molecular weight excluding hydrogens is 54.0 g/mol. The van der Waals surface area contributed by atoms with E-state index in [0.29, 0.717) is 0 Å². The van der Waals surface area contributed by atoms with Crippen LogP contribution in [0.4, 0.5) is 0 Å². The van der Waals surface area contributed by atoms with E-state index < -0.39 is 0 Å². The Bertz CT molecular complexity index is 17.2. The highest BCUT2D eigenvalue weighted by molar-refractivity contribution is 4.60. The normalized spacial score (nSPS) is 6.25. The first-order valence-electron chi connectivity index (χ1n) is 1.13. The minimum absolute atomic E-state index is 0.0833. The molecule has 0 aliphatic rings. The third kappa shape index (κ3) is 1.70. The molecule has 1 heteroatoms. The average molecular weight is 60.1 g/mol. The topological polar surface area (TPSA) is 20.2 Å². The van der Waals surface area contributed by atoms with E-state index in [-0.39, 0.29) is 6.61 Å². The fourth-order valence-electron chi connectivity index (χ4n) is 0. The second-order valence-corrected chi connectivity index (χ2v) is 0.471. The molecule has 0 spiro atoms. The van der Waals surface area contributed by atoms with Gasteiger partial charge in [0.1, 0.15) is 0 Å². The van der Waals surface area contributed by atoms with E-state index >= 15 is 0 Å². The van der Waals surface area contributed by atoms with Gasteiger partial charge in [0.15, 0.2) is 0 Å². The van der Waals surface area contributed by atoms with Crippen LogP contribution in [0.25, 0.3) is 0 Å². The lowest BCUT2D eigenvalue weighted by atomic mass is 10.7. The third-order valence-corrected chi connectivity index (χ3v) is 0.129. The number of rotatable bonds is 1. The Morgan fingerprint density at radius 1 is 2.00 bits per heavy atom. The molecule has 1 nitrogen and oxygen atoms in total. The van der Waals surface area contributed by atoms with Gasteiger partial charge in [0.05, 0.1) is 6.61 Å². The van der Waals surface area contributed by atoms with Gasteiger partial charge in [-0.1, -0.05) is 6.08 Å². The molecule has 0 fully saturated rings. The standard InChI is InChI=1S/C3H6O/c1-2-3-4/h2,4H,1,3H2/i4+2. The summed E-state index contributed by atoms with van der Waals surface area (Å²) in [6, 6.07) is 0. The molecule has 0 unspecified atom stereocenters. The van der Waals surface area contributed by atoms with Gasteiger partial charge in [-0.2, -0.15) is 0 Å². The lowest BCUT2D eigenvalue weighted by molar-refractivity contribution is 0.343. The Morgan fingerprint density at radius 3 is 2.25 bits per heavy atom. The zero-order valence-corrected chi connectivity index (χ0v) is 2.44. The Hall–Kier alpha value is -0.300. The molecule has 0 aromatic rings. The van der Waals surface area contributed by atoms with Crippen molar-refractivity contribution in [2.45, 2.75) is 0 Å². The molecule has 0 radical (unpaired) electrons. The summed E-state index contributed by atoms with van der Waals surface area (Å²) in [5.41, 5.74) is 0. The Morgan fingerprint density at radius 2 is 2.25 bits per heavy atom. The van der Waals surface area contributed by atoms with E-state index in [1.807, 2.05) is 0 Å². The highest BCUT2D eigenvalue weighted by Gasteiger charge is 1.45. The Kier molecular flexibility index (Phi) is 2.50. The summed E-state index contributed by atoms with van der Waals surface area (Å²) < 4.78 is 0. The van der Waals surface area contributed by atoms with Crippen molar-refractivity contribution in [1.82, 2.24) is 0 Å². The molecule has 0 saturated carbocycles. The van der Waals surface area contributed by atoms with Crippen LogP contribution in [0.3, 0.4) is 0 Å². The van der Waals surface area contributed by atoms with E-state index in [1.165, 1.54) is 6.08 Å². The average Bonchev–Trinajstić information content (AvgIpc) is 1.37. The first-order chi connectivity index (χ1) is 1.91. The minimum Gasteiger partial charge on any atom is -0.392 e. The summed E-state index contributed by atoms with van der Waals surface area (Å²) in [6.45, 7) is 3.31. The number of aliphatic hydroxyl groups excluding tert-OH is 1. The monoisotopic (exact) mass is 60.0 g/mol. The van der Waals surface area contributed by atoms with E-state index in [4.69, 9.17) is 5.11 Å². The molecule has 4 heavy (non-hydrogen) atoms. The van der Waals surface area contributed by atoms with E-state index in [0.717, 1.165) is 0 Å². The van der Waals surface area contributed by atoms with Crippen molar-refractivity contribution in [3.8, 4) is 0 Å². The first-order valence-corrected chi connectivity index (χ1v) is 1.13. The fraction of sp³-hybridized carbons (Fsp3) is 0.333. The zero-order chi connectivity index (χ0) is 3.41. The highest BCUT2D eigenvalue weighted by atomic mass is 18.2. The number of hydrogen-bond donors (Lipinski definition) is 1. The van der Waals surface area contributed by atoms with E-state index in [2.05, 4.69) is 6.58 Å². The van der Waals surface area contributed by atoms with Crippen molar-refractivity contribution in [3.63, 3.8) is 0 Å². The van der Waals surface area contributed by atoms with Crippen molar-refractivity contribution in [2.75, 3.05) is 6.61 Å². The van der Waals surface area contributed by atoms with E-state index in [9.17, 15) is 0 Å². The van der Waals surface area contributed by atoms with Crippen LogP contribution in [-0.4, -0.2) is 11.7 Å². The molecule has 0 amide bonds. The van der Waals surface area contributed by atoms with Crippen molar-refractivity contribution in [1.29, 1.82) is 0 Å². The van der Waals surface area contributed by atoms with E-state index in [1.54, 1.807) is 0 Å². The number of aliphatic hydroxyl groups is 1. The van der Waals surface area contributed by atoms with Crippen molar-refractivity contribution in [2.24, 2.45) is 0 Å². The van der Waals surface area contributed by atoms with Crippen LogP contribution in [0.15, 0.2) is 12.7 Å². The maximum Gasteiger partial charge on any atom is 0.0609 e. The van der Waals surface area contributed by atoms with Crippen LogP contribution >= 0.6 is 0 Å². The summed E-state index contributed by atoms with van der Waals surface area (Å²) in [5.74, 6) is 0. The third-order valence-electron chi connectivity index (χ3n) is 0.129. The van der Waals surface area contributed by atoms with Gasteiger partial charge in [0.2, 0.25) is 0 Å². The lowest BCUT2D eigenvalue weighted by Crippen LogP contribution is -1.62. The first kappa shape index (κ1) is 3.70. The summed E-state index contributed by atoms with van der Waals surface area (Å²) in [6.07, 6.45) is 1.43. The molecule has 24 valence electrons. The van der Waals surface area contributed by atoms with Gasteiger partial charge < -0.3 is 5.11 Å². The summed E-state index contributed by atoms with van der Waals surface area (Å²) in [7, 11) is 0. The van der Waals surface area contributed by atoms with Crippen molar-refractivity contribution >= 4 is 0 Å². The zero-order valence-electron chi connectivity index (χ0n) is 2.44. The molecular formula is C3H6O. The van der Waals surface area contributed by atoms with Crippen LogP contribution < -0.4 is 0 Å². The van der Waals surface area contributed by atoms with Crippen LogP contribution in [0, 0.1) is 0 Å². The van der Waals surface area contributed by atoms with Gasteiger partial charge in [0.25, 0.3) is 0 Å². The van der Waals surface area contributed by atoms with Crippen molar-refractivity contribution < 1.29 is 5.11 Å². The molecule has 0 bridgehead atoms. The maximum atomic E-state index is 7.76. The van der Waals surface area contributed by atoms with Gasteiger partial charge >= 0.3 is 0 Å². The summed E-state index contributed by atoms with van der Waals surface area (Å²) in [4.78, 5) is 0. The Labute approximate surface area is 25.6 Å². The number of hydrogen-bond acceptors (Lipinski definition) is 1. The molecule has 0 aromatic heterocycles. The minimum atomic E-state index is 0.0833. The predicted molar refractivity (Wildman–Crippen MR) is 17.3 cm³/mol. The van der Waals surface area contributed by atoms with Crippen molar-refractivity contribution in [3.05, 3.63) is 12.7 Å². The van der Waals surface area contributed by atoms with Gasteiger partial charge in [-0.15, -0.1) is 6.58 Å². The lowest BCUT2D eigenvalue weighted by Gasteiger charge is -1.60. The molecule has 0 rings (SSSR count). The maximum absolute atomic E-state index is 7.76. The molecule has 0 atom stereocenters. The van der Waals surface area contributed by atoms with Gasteiger partial charge in [-0.3, -0.25) is 0 Å². The molecule has 1 N–H and O–H groups in total. The fourth-order valence-corrected chi connectivity index (χ4v) is 0. The summed E-state index contributed by atoms with van der Waals surface area (Å²) in [5, 5.41) is 7.76. The van der Waals surface area contributed by atoms with Gasteiger partial charge in [-0.25, -0.2) is 0 Å². The van der Waals surface area contributed by atoms with Gasteiger partial charge in [-0.05, 0) is 0 Å². The predicted octanol–water partition coefficient (Wildman–Crippen LogP) is 0.165. The summed E-state index contributed by atoms with van der Waals surface area (Å²) >= 11 is 0.